The predicted molar refractivity (Wildman–Crippen MR) is 147 cm³/mol. The molecule has 0 radical (unpaired) electrons. The molecular weight excluding hydrogens is 546 g/mol. The smallest absolute Gasteiger partial charge is 0.387 e. The summed E-state index contributed by atoms with van der Waals surface area (Å²) in [5.74, 6) is 0.824. The number of nitrogens with one attached hydrogen (secondary N) is 1. The molecule has 0 amide bonds. The lowest BCUT2D eigenvalue weighted by Gasteiger charge is -2.25. The number of rotatable bonds is 9. The van der Waals surface area contributed by atoms with Gasteiger partial charge in [0.05, 0.1) is 28.4 Å². The Labute approximate surface area is 223 Å². The molecule has 0 saturated heterocycles. The highest BCUT2D eigenvalue weighted by Crippen LogP contribution is 2.43. The third-order valence-electron chi connectivity index (χ3n) is 6.13. The monoisotopic (exact) mass is 576 g/mol. The second kappa shape index (κ2) is 10.6. The van der Waals surface area contributed by atoms with Crippen LogP contribution in [0.25, 0.3) is 0 Å². The highest BCUT2D eigenvalue weighted by Gasteiger charge is 2.38. The normalized spacial score (nSPS) is 14.3. The van der Waals surface area contributed by atoms with E-state index in [9.17, 15) is 8.78 Å². The number of fused-ring (bicyclic) bond motifs is 1. The predicted octanol–water partition coefficient (Wildman–Crippen LogP) is 4.99. The molecule has 198 valence electrons. The number of hydrogen-bond donors (Lipinski definition) is 2. The Kier molecular flexibility index (Phi) is 7.69. The third-order valence-corrected chi connectivity index (χ3v) is 6.57. The molecule has 1 aliphatic heterocycles. The quantitative estimate of drug-likeness (QED) is 0.270. The largest absolute Gasteiger partial charge is 0.433 e. The standard InChI is InChI=1S/C25H31BrF2N8O/c1-25(2)14-36(17-6-7-20(26)32-22(17)25)21-8-9-30-24(33-21)31-16-12-15(29)18(13-19(16)37-23(27)28)35(5)11-10-34(3)4/h6-9,12-13,23H,10-11,14,29H2,1-5H3,(H,30,31,33). The van der Waals surface area contributed by atoms with Gasteiger partial charge in [-0.2, -0.15) is 13.8 Å². The van der Waals surface area contributed by atoms with Crippen LogP contribution in [0.1, 0.15) is 19.5 Å². The average molecular weight is 577 g/mol. The van der Waals surface area contributed by atoms with E-state index in [1.54, 1.807) is 18.3 Å². The van der Waals surface area contributed by atoms with Crippen molar-refractivity contribution in [3.63, 3.8) is 0 Å². The molecule has 4 rings (SSSR count). The fourth-order valence-corrected chi connectivity index (χ4v) is 4.57. The summed E-state index contributed by atoms with van der Waals surface area (Å²) < 4.78 is 32.2. The lowest BCUT2D eigenvalue weighted by Crippen LogP contribution is -2.29. The summed E-state index contributed by atoms with van der Waals surface area (Å²) in [5, 5.41) is 3.02. The maximum atomic E-state index is 13.3. The van der Waals surface area contributed by atoms with Gasteiger partial charge in [0.1, 0.15) is 10.4 Å². The number of halogens is 3. The van der Waals surface area contributed by atoms with Gasteiger partial charge in [-0.3, -0.25) is 0 Å². The van der Waals surface area contributed by atoms with Gasteiger partial charge < -0.3 is 30.5 Å². The van der Waals surface area contributed by atoms with Gasteiger partial charge in [0, 0.05) is 44.4 Å². The molecule has 12 heteroatoms. The Morgan fingerprint density at radius 1 is 1.16 bits per heavy atom. The van der Waals surface area contributed by atoms with Gasteiger partial charge in [0.15, 0.2) is 5.75 Å². The van der Waals surface area contributed by atoms with Crippen molar-refractivity contribution in [1.29, 1.82) is 0 Å². The van der Waals surface area contributed by atoms with Gasteiger partial charge in [-0.25, -0.2) is 9.97 Å². The first kappa shape index (κ1) is 26.8. The lowest BCUT2D eigenvalue weighted by atomic mass is 9.91. The minimum absolute atomic E-state index is 0.0494. The summed E-state index contributed by atoms with van der Waals surface area (Å²) in [4.78, 5) is 19.6. The molecule has 2 aromatic heterocycles. The summed E-state index contributed by atoms with van der Waals surface area (Å²) in [6.07, 6.45) is 1.61. The maximum absolute atomic E-state index is 13.3. The number of benzene rings is 1. The molecule has 0 saturated carbocycles. The summed E-state index contributed by atoms with van der Waals surface area (Å²) in [6.45, 7) is 3.33. The van der Waals surface area contributed by atoms with Crippen LogP contribution in [0.5, 0.6) is 5.75 Å². The van der Waals surface area contributed by atoms with E-state index in [0.717, 1.165) is 22.5 Å². The number of ether oxygens (including phenoxy) is 1. The van der Waals surface area contributed by atoms with Gasteiger partial charge in [-0.05, 0) is 54.3 Å². The number of alkyl halides is 2. The molecule has 3 aromatic rings. The van der Waals surface area contributed by atoms with E-state index < -0.39 is 6.61 Å². The van der Waals surface area contributed by atoms with Crippen molar-refractivity contribution in [3.8, 4) is 5.75 Å². The number of hydrogen-bond acceptors (Lipinski definition) is 9. The van der Waals surface area contributed by atoms with Crippen LogP contribution in [0.3, 0.4) is 0 Å². The highest BCUT2D eigenvalue weighted by atomic mass is 79.9. The van der Waals surface area contributed by atoms with Gasteiger partial charge in [-0.1, -0.05) is 13.8 Å². The second-order valence-corrected chi connectivity index (χ2v) is 10.7. The van der Waals surface area contributed by atoms with Crippen molar-refractivity contribution in [1.82, 2.24) is 19.9 Å². The molecule has 9 nitrogen and oxygen atoms in total. The molecule has 0 aliphatic carbocycles. The van der Waals surface area contributed by atoms with Crippen molar-refractivity contribution >= 4 is 50.4 Å². The van der Waals surface area contributed by atoms with E-state index >= 15 is 0 Å². The first-order valence-electron chi connectivity index (χ1n) is 11.7. The zero-order valence-corrected chi connectivity index (χ0v) is 23.1. The van der Waals surface area contributed by atoms with Gasteiger partial charge in [0.2, 0.25) is 5.95 Å². The molecule has 1 aromatic carbocycles. The maximum Gasteiger partial charge on any atom is 0.387 e. The first-order valence-corrected chi connectivity index (χ1v) is 12.5. The van der Waals surface area contributed by atoms with Crippen molar-refractivity contribution in [2.75, 3.05) is 61.6 Å². The average Bonchev–Trinajstić information content (AvgIpc) is 3.09. The number of nitrogens with zero attached hydrogens (tertiary/aromatic N) is 6. The summed E-state index contributed by atoms with van der Waals surface area (Å²) in [6, 6.07) is 8.75. The Hall–Kier alpha value is -3.25. The number of anilines is 6. The molecule has 3 N–H and O–H groups in total. The summed E-state index contributed by atoms with van der Waals surface area (Å²) in [7, 11) is 5.77. The van der Waals surface area contributed by atoms with Gasteiger partial charge in [-0.15, -0.1) is 0 Å². The van der Waals surface area contributed by atoms with Crippen molar-refractivity contribution in [2.24, 2.45) is 0 Å². The number of pyridine rings is 1. The van der Waals surface area contributed by atoms with Gasteiger partial charge >= 0.3 is 6.61 Å². The number of aromatic nitrogens is 3. The molecule has 0 atom stereocenters. The summed E-state index contributed by atoms with van der Waals surface area (Å²) >= 11 is 3.45. The molecule has 0 unspecified atom stereocenters. The molecule has 0 fully saturated rings. The third kappa shape index (κ3) is 6.02. The molecule has 3 heterocycles. The zero-order chi connectivity index (χ0) is 26.9. The van der Waals surface area contributed by atoms with E-state index in [2.05, 4.69) is 54.9 Å². The number of nitrogen functional groups attached to an aromatic ring is 1. The van der Waals surface area contributed by atoms with Crippen molar-refractivity contribution < 1.29 is 13.5 Å². The topological polar surface area (TPSA) is 95.7 Å². The van der Waals surface area contributed by atoms with Crippen LogP contribution in [0.4, 0.5) is 43.3 Å². The lowest BCUT2D eigenvalue weighted by molar-refractivity contribution is -0.0493. The van der Waals surface area contributed by atoms with Crippen LogP contribution in [0.2, 0.25) is 0 Å². The molecule has 37 heavy (non-hydrogen) atoms. The SMILES string of the molecule is CN(C)CCN(C)c1cc(OC(F)F)c(Nc2nccc(N3CC(C)(C)c4nc(Br)ccc43)n2)cc1N. The van der Waals surface area contributed by atoms with Crippen LogP contribution in [-0.2, 0) is 5.41 Å². The van der Waals surface area contributed by atoms with Crippen LogP contribution < -0.4 is 25.6 Å². The fraction of sp³-hybridized carbons (Fsp3) is 0.400. The van der Waals surface area contributed by atoms with Crippen molar-refractivity contribution in [2.45, 2.75) is 25.9 Å². The van der Waals surface area contributed by atoms with Crippen molar-refractivity contribution in [3.05, 3.63) is 46.8 Å². The van der Waals surface area contributed by atoms with E-state index in [-0.39, 0.29) is 22.8 Å². The Balaban J connectivity index is 1.64. The van der Waals surface area contributed by atoms with E-state index in [1.165, 1.54) is 6.07 Å². The van der Waals surface area contributed by atoms with E-state index in [4.69, 9.17) is 10.5 Å². The molecule has 0 spiro atoms. The summed E-state index contributed by atoms with van der Waals surface area (Å²) in [5.41, 5.74) is 9.27. The van der Waals surface area contributed by atoms with Crippen LogP contribution in [0.15, 0.2) is 41.1 Å². The minimum atomic E-state index is -3.01. The Bertz CT molecular complexity index is 1270. The number of likely N-dealkylation sites (N-methyl/N-ethyl adjacent to an activating group) is 2. The minimum Gasteiger partial charge on any atom is -0.433 e. The second-order valence-electron chi connectivity index (χ2n) is 9.85. The van der Waals surface area contributed by atoms with Gasteiger partial charge in [0.25, 0.3) is 0 Å². The van der Waals surface area contributed by atoms with E-state index in [1.807, 2.05) is 43.1 Å². The van der Waals surface area contributed by atoms with Crippen LogP contribution in [0, 0.1) is 0 Å². The Morgan fingerprint density at radius 3 is 2.62 bits per heavy atom. The van der Waals surface area contributed by atoms with E-state index in [0.29, 0.717) is 30.3 Å². The molecule has 1 aliphatic rings. The van der Waals surface area contributed by atoms with Crippen LogP contribution in [-0.4, -0.2) is 67.2 Å². The number of nitrogens with two attached hydrogens (primary N) is 1. The molecule has 0 bridgehead atoms. The zero-order valence-electron chi connectivity index (χ0n) is 21.5. The molecular formula is C25H31BrF2N8O. The highest BCUT2D eigenvalue weighted by molar-refractivity contribution is 9.10. The Morgan fingerprint density at radius 2 is 1.92 bits per heavy atom. The first-order chi connectivity index (χ1) is 17.4. The fourth-order valence-electron chi connectivity index (χ4n) is 4.26. The van der Waals surface area contributed by atoms with Crippen LogP contribution >= 0.6 is 15.9 Å².